The summed E-state index contributed by atoms with van der Waals surface area (Å²) in [5.41, 5.74) is 11.9. The molecule has 1 nitrogen and oxygen atoms in total. The molecule has 0 N–H and O–H groups in total. The van der Waals surface area contributed by atoms with E-state index in [1.807, 2.05) is 12.1 Å². The van der Waals surface area contributed by atoms with E-state index in [1.165, 1.54) is 33.4 Å². The fourth-order valence-electron chi connectivity index (χ4n) is 4.83. The van der Waals surface area contributed by atoms with Crippen molar-refractivity contribution >= 4 is 0 Å². The van der Waals surface area contributed by atoms with Gasteiger partial charge in [0.15, 0.2) is 5.75 Å². The molecule has 0 atom stereocenters. The fourth-order valence-corrected chi connectivity index (χ4v) is 4.83. The third-order valence-corrected chi connectivity index (χ3v) is 6.62. The molecule has 0 bridgehead atoms. The van der Waals surface area contributed by atoms with E-state index in [0.717, 1.165) is 60.8 Å². The molecule has 0 amide bonds. The van der Waals surface area contributed by atoms with E-state index in [0.29, 0.717) is 0 Å². The molecule has 0 aliphatic rings. The van der Waals surface area contributed by atoms with Crippen LogP contribution in [0.4, 0.5) is 0 Å². The van der Waals surface area contributed by atoms with Gasteiger partial charge in [-0.3, -0.25) is 5.11 Å². The van der Waals surface area contributed by atoms with Crippen LogP contribution in [-0.4, -0.2) is 0 Å². The minimum absolute atomic E-state index is 0.171. The first-order valence-electron chi connectivity index (χ1n) is 12.1. The predicted molar refractivity (Wildman–Crippen MR) is 134 cm³/mol. The smallest absolute Gasteiger partial charge is 0.194 e. The van der Waals surface area contributed by atoms with E-state index in [-0.39, 0.29) is 5.75 Å². The van der Waals surface area contributed by atoms with Gasteiger partial charge in [0.2, 0.25) is 0 Å². The molecule has 31 heavy (non-hydrogen) atoms. The molecule has 0 spiro atoms. The van der Waals surface area contributed by atoms with Crippen LogP contribution < -0.4 is 0 Å². The molecule has 1 radical (unpaired) electrons. The standard InChI is InChI=1S/C30H37O/c1-7-20-16-22(9-3)28(23(10-4)17-20)26-14-13-15-27(30(26)31)29-24(11-5)18-21(8-2)19-25(29)12-6/h13-19H,7-12H2,1-6H3. The average Bonchev–Trinajstić information content (AvgIpc) is 2.82. The van der Waals surface area contributed by atoms with E-state index < -0.39 is 0 Å². The average molecular weight is 414 g/mol. The summed E-state index contributed by atoms with van der Waals surface area (Å²) in [6.07, 6.45) is 5.79. The molecule has 0 fully saturated rings. The van der Waals surface area contributed by atoms with Crippen LogP contribution in [0.1, 0.15) is 74.9 Å². The Morgan fingerprint density at radius 2 is 0.839 bits per heavy atom. The highest BCUT2D eigenvalue weighted by Gasteiger charge is 2.21. The lowest BCUT2D eigenvalue weighted by Gasteiger charge is -2.20. The Labute approximate surface area is 189 Å². The number of hydrogen-bond acceptors (Lipinski definition) is 0. The van der Waals surface area contributed by atoms with Crippen molar-refractivity contribution in [1.82, 2.24) is 0 Å². The molecule has 1 heteroatoms. The van der Waals surface area contributed by atoms with Crippen molar-refractivity contribution in [1.29, 1.82) is 0 Å². The van der Waals surface area contributed by atoms with E-state index in [9.17, 15) is 5.11 Å². The van der Waals surface area contributed by atoms with Gasteiger partial charge in [0.05, 0.1) is 0 Å². The molecular weight excluding hydrogens is 376 g/mol. The first kappa shape index (κ1) is 23.1. The minimum atomic E-state index is 0.171. The lowest BCUT2D eigenvalue weighted by atomic mass is 9.84. The zero-order chi connectivity index (χ0) is 22.5. The number of para-hydroxylation sites is 1. The second-order valence-electron chi connectivity index (χ2n) is 8.38. The lowest BCUT2D eigenvalue weighted by Crippen LogP contribution is -2.00. The maximum Gasteiger partial charge on any atom is 0.194 e. The van der Waals surface area contributed by atoms with Gasteiger partial charge < -0.3 is 0 Å². The third kappa shape index (κ3) is 4.42. The number of rotatable bonds is 8. The van der Waals surface area contributed by atoms with Gasteiger partial charge in [-0.15, -0.1) is 0 Å². The Bertz CT molecular complexity index is 926. The Hall–Kier alpha value is -2.54. The topological polar surface area (TPSA) is 19.9 Å². The normalized spacial score (nSPS) is 11.2. The first-order valence-corrected chi connectivity index (χ1v) is 12.1. The number of hydrogen-bond donors (Lipinski definition) is 0. The summed E-state index contributed by atoms with van der Waals surface area (Å²) in [6, 6.07) is 15.3. The van der Waals surface area contributed by atoms with Gasteiger partial charge in [-0.05, 0) is 83.0 Å². The molecule has 3 aromatic carbocycles. The summed E-state index contributed by atoms with van der Waals surface area (Å²) in [5.74, 6) is 0.171. The van der Waals surface area contributed by atoms with Crippen LogP contribution in [0.2, 0.25) is 0 Å². The van der Waals surface area contributed by atoms with Crippen LogP contribution in [0.3, 0.4) is 0 Å². The summed E-state index contributed by atoms with van der Waals surface area (Å²) < 4.78 is 0. The molecule has 3 rings (SSSR count). The first-order chi connectivity index (χ1) is 15.0. The van der Waals surface area contributed by atoms with Gasteiger partial charge in [0.1, 0.15) is 0 Å². The van der Waals surface area contributed by atoms with E-state index in [2.05, 4.69) is 71.9 Å². The van der Waals surface area contributed by atoms with Crippen LogP contribution in [0, 0.1) is 0 Å². The van der Waals surface area contributed by atoms with Crippen LogP contribution in [-0.2, 0) is 43.6 Å². The molecule has 0 aliphatic carbocycles. The van der Waals surface area contributed by atoms with Crippen molar-refractivity contribution in [2.75, 3.05) is 0 Å². The fraction of sp³-hybridized carbons (Fsp3) is 0.400. The van der Waals surface area contributed by atoms with Crippen molar-refractivity contribution in [3.8, 4) is 28.0 Å². The summed E-state index contributed by atoms with van der Waals surface area (Å²) in [4.78, 5) is 0. The van der Waals surface area contributed by atoms with Crippen molar-refractivity contribution in [3.05, 3.63) is 75.8 Å². The Morgan fingerprint density at radius 3 is 1.10 bits per heavy atom. The lowest BCUT2D eigenvalue weighted by molar-refractivity contribution is 0.358. The highest BCUT2D eigenvalue weighted by molar-refractivity contribution is 5.87. The number of aryl methyl sites for hydroxylation is 6. The van der Waals surface area contributed by atoms with Crippen LogP contribution in [0.5, 0.6) is 5.75 Å². The zero-order valence-electron chi connectivity index (χ0n) is 20.2. The van der Waals surface area contributed by atoms with Crippen molar-refractivity contribution in [2.45, 2.75) is 80.1 Å². The molecule has 0 heterocycles. The summed E-state index contributed by atoms with van der Waals surface area (Å²) >= 11 is 0. The van der Waals surface area contributed by atoms with Gasteiger partial charge in [-0.2, -0.15) is 0 Å². The highest BCUT2D eigenvalue weighted by atomic mass is 16.3. The Morgan fingerprint density at radius 1 is 0.516 bits per heavy atom. The van der Waals surface area contributed by atoms with Crippen molar-refractivity contribution in [3.63, 3.8) is 0 Å². The molecule has 0 saturated heterocycles. The minimum Gasteiger partial charge on any atom is -0.289 e. The molecule has 163 valence electrons. The SMILES string of the molecule is CCc1cc(CC)c(-c2cccc(-c3c(CC)cc(CC)cc3CC)c2[O])c(CC)c1. The van der Waals surface area contributed by atoms with Crippen LogP contribution in [0.25, 0.3) is 22.3 Å². The van der Waals surface area contributed by atoms with Crippen molar-refractivity contribution in [2.24, 2.45) is 0 Å². The quantitative estimate of drug-likeness (QED) is 0.352. The van der Waals surface area contributed by atoms with Crippen molar-refractivity contribution < 1.29 is 5.11 Å². The van der Waals surface area contributed by atoms with Crippen LogP contribution >= 0.6 is 0 Å². The second-order valence-corrected chi connectivity index (χ2v) is 8.38. The largest absolute Gasteiger partial charge is 0.289 e. The van der Waals surface area contributed by atoms with E-state index >= 15 is 0 Å². The third-order valence-electron chi connectivity index (χ3n) is 6.62. The molecule has 3 aromatic rings. The monoisotopic (exact) mass is 413 g/mol. The zero-order valence-corrected chi connectivity index (χ0v) is 20.2. The maximum atomic E-state index is 14.0. The maximum absolute atomic E-state index is 14.0. The van der Waals surface area contributed by atoms with Gasteiger partial charge >= 0.3 is 0 Å². The summed E-state index contributed by atoms with van der Waals surface area (Å²) in [7, 11) is 0. The van der Waals surface area contributed by atoms with Gasteiger partial charge in [-0.25, -0.2) is 0 Å². The molecule has 0 unspecified atom stereocenters. The van der Waals surface area contributed by atoms with Gasteiger partial charge in [0, 0.05) is 11.1 Å². The Balaban J connectivity index is 2.31. The number of benzene rings is 3. The van der Waals surface area contributed by atoms with Gasteiger partial charge in [-0.1, -0.05) is 84.0 Å². The van der Waals surface area contributed by atoms with E-state index in [4.69, 9.17) is 0 Å². The molecule has 0 aromatic heterocycles. The second kappa shape index (κ2) is 10.2. The highest BCUT2D eigenvalue weighted by Crippen LogP contribution is 2.44. The summed E-state index contributed by atoms with van der Waals surface area (Å²) in [6.45, 7) is 13.2. The van der Waals surface area contributed by atoms with Gasteiger partial charge in [0.25, 0.3) is 0 Å². The van der Waals surface area contributed by atoms with E-state index in [1.54, 1.807) is 0 Å². The molecule has 0 saturated carbocycles. The molecule has 0 aliphatic heterocycles. The van der Waals surface area contributed by atoms with Crippen LogP contribution in [0.15, 0.2) is 42.5 Å². The molecular formula is C30H37O. The summed E-state index contributed by atoms with van der Waals surface area (Å²) in [5, 5.41) is 14.0. The predicted octanol–water partition coefficient (Wildman–Crippen LogP) is 8.54. The Kier molecular flexibility index (Phi) is 7.59.